The molecule has 0 saturated heterocycles. The monoisotopic (exact) mass is 647 g/mol. The van der Waals surface area contributed by atoms with Crippen LogP contribution in [0.4, 0.5) is 17.1 Å². The number of ether oxygens (including phenoxy) is 1. The van der Waals surface area contributed by atoms with Crippen LogP contribution in [0.2, 0.25) is 13.3 Å². The van der Waals surface area contributed by atoms with E-state index in [2.05, 4.69) is 116 Å². The summed E-state index contributed by atoms with van der Waals surface area (Å²) in [5.41, 5.74) is 4.76. The fourth-order valence-electron chi connectivity index (χ4n) is 5.60. The number of nitrogens with zero attached hydrogens (tertiary/aromatic N) is 1. The van der Waals surface area contributed by atoms with Gasteiger partial charge in [-0.25, -0.2) is 0 Å². The minimum absolute atomic E-state index is 0.869. The minimum atomic E-state index is -2.40. The van der Waals surface area contributed by atoms with Gasteiger partial charge in [0, 0.05) is 0 Å². The van der Waals surface area contributed by atoms with E-state index in [1.807, 2.05) is 15.0 Å². The first-order valence-electron chi connectivity index (χ1n) is 14.8. The predicted octanol–water partition coefficient (Wildman–Crippen LogP) is 10.9. The molecule has 0 amide bonds. The summed E-state index contributed by atoms with van der Waals surface area (Å²) in [7, 11) is 1.71. The van der Waals surface area contributed by atoms with Crippen molar-refractivity contribution in [3.63, 3.8) is 0 Å². The van der Waals surface area contributed by atoms with Crippen LogP contribution in [0.5, 0.6) is 5.75 Å². The quantitative estimate of drug-likeness (QED) is 0.119. The van der Waals surface area contributed by atoms with Crippen LogP contribution in [-0.2, 0) is 0 Å². The number of anilines is 3. The van der Waals surface area contributed by atoms with Crippen molar-refractivity contribution >= 4 is 49.7 Å². The van der Waals surface area contributed by atoms with Crippen LogP contribution >= 0.6 is 11.3 Å². The van der Waals surface area contributed by atoms with Crippen LogP contribution in [0.15, 0.2) is 91.0 Å². The van der Waals surface area contributed by atoms with Gasteiger partial charge in [0.15, 0.2) is 0 Å². The Morgan fingerprint density at radius 3 is 1.64 bits per heavy atom. The Morgan fingerprint density at radius 1 is 0.615 bits per heavy atom. The molecule has 39 heavy (non-hydrogen) atoms. The molecule has 3 aromatic carbocycles. The number of thiophene rings is 1. The number of methoxy groups -OCH3 is 1. The summed E-state index contributed by atoms with van der Waals surface area (Å²) >= 11 is -0.276. The Morgan fingerprint density at radius 2 is 1.13 bits per heavy atom. The molecule has 0 N–H and O–H groups in total. The average molecular weight is 647 g/mol. The van der Waals surface area contributed by atoms with Gasteiger partial charge < -0.3 is 4.74 Å². The molecule has 0 radical (unpaired) electrons. The summed E-state index contributed by atoms with van der Waals surface area (Å²) < 4.78 is 11.8. The third-order valence-corrected chi connectivity index (χ3v) is 27.3. The molecule has 0 aliphatic heterocycles. The van der Waals surface area contributed by atoms with Gasteiger partial charge in [-0.1, -0.05) is 0 Å². The second kappa shape index (κ2) is 14.9. The molecule has 4 rings (SSSR count). The van der Waals surface area contributed by atoms with Gasteiger partial charge in [0.2, 0.25) is 0 Å². The van der Waals surface area contributed by atoms with Crippen molar-refractivity contribution in [1.82, 2.24) is 0 Å². The Labute approximate surface area is 244 Å². The standard InChI is InChI=1S/C23H18NOS.3C4H9.Sn/c1-25-22-15-13-21(14-16-22)24(19-6-3-2-4-7-19)20-11-9-18(10-12-20)23-8-5-17-26-23;3*1-3-4-2;/h2-16H,1H3;3*1,3-4H2,2H3;. The van der Waals surface area contributed by atoms with Crippen LogP contribution < -0.4 is 12.5 Å². The molecule has 4 aromatic rings. The van der Waals surface area contributed by atoms with E-state index >= 15 is 0 Å². The molecular weight excluding hydrogens is 601 g/mol. The maximum atomic E-state index is 5.40. The van der Waals surface area contributed by atoms with E-state index in [9.17, 15) is 0 Å². The number of para-hydroxylation sites is 1. The summed E-state index contributed by atoms with van der Waals surface area (Å²) in [6, 6.07) is 33.0. The molecule has 1 aromatic heterocycles. The first kappa shape index (κ1) is 29.7. The van der Waals surface area contributed by atoms with E-state index in [1.165, 1.54) is 62.3 Å². The molecule has 0 saturated carbocycles. The Bertz CT molecular complexity index is 1230. The van der Waals surface area contributed by atoms with Crippen molar-refractivity contribution in [2.45, 2.75) is 72.6 Å². The zero-order valence-corrected chi connectivity index (χ0v) is 28.0. The first-order chi connectivity index (χ1) is 19.1. The number of benzene rings is 3. The van der Waals surface area contributed by atoms with Crippen molar-refractivity contribution in [2.24, 2.45) is 0 Å². The van der Waals surface area contributed by atoms with Gasteiger partial charge in [0.1, 0.15) is 0 Å². The molecule has 0 unspecified atom stereocenters. The van der Waals surface area contributed by atoms with Crippen LogP contribution in [0.25, 0.3) is 10.4 Å². The van der Waals surface area contributed by atoms with Crippen molar-refractivity contribution in [1.29, 1.82) is 0 Å². The molecule has 0 bridgehead atoms. The third-order valence-electron chi connectivity index (χ3n) is 7.91. The van der Waals surface area contributed by atoms with Crippen molar-refractivity contribution < 1.29 is 4.74 Å². The third kappa shape index (κ3) is 7.49. The van der Waals surface area contributed by atoms with E-state index in [1.54, 1.807) is 7.11 Å². The molecular formula is C35H45NOSSn. The fourth-order valence-corrected chi connectivity index (χ4v) is 25.7. The van der Waals surface area contributed by atoms with Crippen molar-refractivity contribution in [2.75, 3.05) is 12.0 Å². The van der Waals surface area contributed by atoms with Crippen molar-refractivity contribution in [3.05, 3.63) is 91.0 Å². The van der Waals surface area contributed by atoms with E-state index in [-0.39, 0.29) is 0 Å². The number of unbranched alkanes of at least 4 members (excludes halogenated alkanes) is 3. The second-order valence-electron chi connectivity index (χ2n) is 10.7. The van der Waals surface area contributed by atoms with Gasteiger partial charge in [-0.2, -0.15) is 0 Å². The van der Waals surface area contributed by atoms with E-state index < -0.39 is 18.4 Å². The van der Waals surface area contributed by atoms with E-state index in [0.717, 1.165) is 22.8 Å². The maximum absolute atomic E-state index is 5.40. The topological polar surface area (TPSA) is 12.5 Å². The van der Waals surface area contributed by atoms with Crippen LogP contribution in [0, 0.1) is 0 Å². The Balaban J connectivity index is 1.65. The van der Waals surface area contributed by atoms with Gasteiger partial charge >= 0.3 is 234 Å². The molecule has 0 aliphatic rings. The average Bonchev–Trinajstić information content (AvgIpc) is 3.49. The predicted molar refractivity (Wildman–Crippen MR) is 176 cm³/mol. The van der Waals surface area contributed by atoms with Crippen LogP contribution in [0.3, 0.4) is 0 Å². The molecule has 1 heterocycles. The molecule has 0 spiro atoms. The van der Waals surface area contributed by atoms with Gasteiger partial charge in [0.25, 0.3) is 0 Å². The van der Waals surface area contributed by atoms with E-state index in [4.69, 9.17) is 4.74 Å². The SMILES string of the molecule is CCC[CH2][Sn]([CH2]CCC)([CH2]CCC)[c]1ccc(-c2ccc(N(c3ccccc3)c3ccc(OC)cc3)cc2)s1. The molecule has 0 aliphatic carbocycles. The summed E-state index contributed by atoms with van der Waals surface area (Å²) in [5, 5.41) is 0. The zero-order chi connectivity index (χ0) is 27.5. The normalized spacial score (nSPS) is 11.5. The van der Waals surface area contributed by atoms with Gasteiger partial charge in [-0.3, -0.25) is 0 Å². The molecule has 0 fully saturated rings. The molecule has 0 atom stereocenters. The summed E-state index contributed by atoms with van der Waals surface area (Å²) in [4.78, 5) is 3.74. The van der Waals surface area contributed by atoms with Crippen molar-refractivity contribution in [3.8, 4) is 16.2 Å². The summed E-state index contributed by atoms with van der Waals surface area (Å²) in [5.74, 6) is 0.869. The number of hydrogen-bond acceptors (Lipinski definition) is 3. The van der Waals surface area contributed by atoms with Gasteiger partial charge in [-0.05, 0) is 0 Å². The number of rotatable bonds is 15. The summed E-state index contributed by atoms with van der Waals surface area (Å²) in [6.45, 7) is 7.09. The van der Waals surface area contributed by atoms with E-state index in [0.29, 0.717) is 0 Å². The Hall–Kier alpha value is -2.24. The van der Waals surface area contributed by atoms with Gasteiger partial charge in [0.05, 0.1) is 7.11 Å². The second-order valence-corrected chi connectivity index (χ2v) is 25.9. The molecule has 206 valence electrons. The van der Waals surface area contributed by atoms with Crippen LogP contribution in [-0.4, -0.2) is 25.5 Å². The van der Waals surface area contributed by atoms with Gasteiger partial charge in [-0.15, -0.1) is 0 Å². The Kier molecular flexibility index (Phi) is 11.4. The van der Waals surface area contributed by atoms with Crippen LogP contribution in [0.1, 0.15) is 59.3 Å². The number of hydrogen-bond donors (Lipinski definition) is 0. The fraction of sp³-hybridized carbons (Fsp3) is 0.371. The molecule has 2 nitrogen and oxygen atoms in total. The molecule has 4 heteroatoms. The summed E-state index contributed by atoms with van der Waals surface area (Å²) in [6.07, 6.45) is 8.19. The first-order valence-corrected chi connectivity index (χ1v) is 23.1. The zero-order valence-electron chi connectivity index (χ0n) is 24.3.